The van der Waals surface area contributed by atoms with Crippen molar-refractivity contribution in [2.45, 2.75) is 75.3 Å². The Morgan fingerprint density at radius 1 is 1.17 bits per heavy atom. The van der Waals surface area contributed by atoms with Crippen LogP contribution in [-0.4, -0.2) is 61.6 Å². The van der Waals surface area contributed by atoms with Crippen molar-refractivity contribution in [2.24, 2.45) is 0 Å². The number of rotatable bonds is 8. The summed E-state index contributed by atoms with van der Waals surface area (Å²) in [6.07, 6.45) is 0.684. The van der Waals surface area contributed by atoms with Gasteiger partial charge in [-0.2, -0.15) is 9.57 Å². The monoisotopic (exact) mass is 599 g/mol. The molecule has 1 aromatic carbocycles. The molecular formula is C29H33N3O9S. The van der Waals surface area contributed by atoms with Crippen LogP contribution >= 0.6 is 0 Å². The third kappa shape index (κ3) is 4.72. The molecule has 0 radical (unpaired) electrons. The molecule has 12 nitrogen and oxygen atoms in total. The SMILES string of the molecule is CCOC(=O)[C@@](CC)(OC(=O)[C@@H]1CCCN1S(=O)(=O)c1ccc(C)cc1)c1cc2n(c(=O)c1C#N)CCC21OCCO1. The van der Waals surface area contributed by atoms with Crippen LogP contribution in [0.15, 0.2) is 40.0 Å². The minimum atomic E-state index is -4.07. The topological polar surface area (TPSA) is 154 Å². The number of hydrogen-bond donors (Lipinski definition) is 0. The molecule has 4 heterocycles. The van der Waals surface area contributed by atoms with E-state index in [1.165, 1.54) is 22.8 Å². The van der Waals surface area contributed by atoms with E-state index in [9.17, 15) is 28.1 Å². The molecule has 5 rings (SSSR count). The molecule has 2 aromatic rings. The van der Waals surface area contributed by atoms with Crippen molar-refractivity contribution < 1.29 is 37.0 Å². The standard InChI is InChI=1S/C29H33N3O9S/c1-4-28(27(35)38-5-2,22-17-24-29(39-15-16-40-29)12-14-31(24)25(33)21(22)18-30)41-26(34)23-7-6-13-32(23)42(36,37)20-10-8-19(3)9-11-20/h8-11,17,23H,4-7,12-16H2,1-3H3/t23-,28-/m0/s1. The number of fused-ring (bicyclic) bond motifs is 2. The number of benzene rings is 1. The van der Waals surface area contributed by atoms with Gasteiger partial charge in [0.15, 0.2) is 0 Å². The molecule has 1 spiro atoms. The second-order valence-electron chi connectivity index (χ2n) is 10.5. The smallest absolute Gasteiger partial charge is 0.355 e. The van der Waals surface area contributed by atoms with E-state index in [1.54, 1.807) is 26.0 Å². The number of aromatic nitrogens is 1. The Hall–Kier alpha value is -3.57. The van der Waals surface area contributed by atoms with Gasteiger partial charge in [-0.05, 0) is 51.3 Å². The van der Waals surface area contributed by atoms with Crippen LogP contribution in [0.25, 0.3) is 0 Å². The zero-order valence-electron chi connectivity index (χ0n) is 23.8. The average molecular weight is 600 g/mol. The lowest BCUT2D eigenvalue weighted by Crippen LogP contribution is -2.49. The first-order valence-electron chi connectivity index (χ1n) is 14.0. The number of carbonyl (C=O) groups excluding carboxylic acids is 2. The lowest BCUT2D eigenvalue weighted by Gasteiger charge is -2.34. The third-order valence-electron chi connectivity index (χ3n) is 8.14. The molecule has 0 saturated carbocycles. The van der Waals surface area contributed by atoms with Crippen molar-refractivity contribution in [3.63, 3.8) is 0 Å². The summed E-state index contributed by atoms with van der Waals surface area (Å²) in [6, 6.07) is 8.38. The van der Waals surface area contributed by atoms with Gasteiger partial charge in [0.05, 0.1) is 30.4 Å². The highest BCUT2D eigenvalue weighted by atomic mass is 32.2. The van der Waals surface area contributed by atoms with Crippen molar-refractivity contribution in [1.82, 2.24) is 8.87 Å². The molecule has 0 N–H and O–H groups in total. The Morgan fingerprint density at radius 3 is 2.48 bits per heavy atom. The van der Waals surface area contributed by atoms with E-state index in [1.807, 2.05) is 13.0 Å². The number of ether oxygens (including phenoxy) is 4. The van der Waals surface area contributed by atoms with E-state index in [2.05, 4.69) is 0 Å². The molecule has 2 atom stereocenters. The second kappa shape index (κ2) is 11.3. The van der Waals surface area contributed by atoms with Crippen molar-refractivity contribution in [3.8, 4) is 6.07 Å². The maximum Gasteiger partial charge on any atom is 0.355 e. The molecule has 0 bridgehead atoms. The number of nitrogens with zero attached hydrogens (tertiary/aromatic N) is 3. The molecule has 42 heavy (non-hydrogen) atoms. The van der Waals surface area contributed by atoms with Gasteiger partial charge in [-0.1, -0.05) is 24.6 Å². The molecule has 0 aliphatic carbocycles. The van der Waals surface area contributed by atoms with Gasteiger partial charge in [-0.15, -0.1) is 0 Å². The van der Waals surface area contributed by atoms with Crippen molar-refractivity contribution in [3.05, 3.63) is 63.1 Å². The number of carbonyl (C=O) groups is 2. The van der Waals surface area contributed by atoms with Crippen LogP contribution in [-0.2, 0) is 56.5 Å². The number of hydrogen-bond acceptors (Lipinski definition) is 10. The third-order valence-corrected chi connectivity index (χ3v) is 10.1. The highest BCUT2D eigenvalue weighted by Gasteiger charge is 2.53. The van der Waals surface area contributed by atoms with Gasteiger partial charge in [-0.25, -0.2) is 13.2 Å². The fourth-order valence-electron chi connectivity index (χ4n) is 5.95. The molecule has 2 saturated heterocycles. The first-order chi connectivity index (χ1) is 20.0. The Morgan fingerprint density at radius 2 is 1.86 bits per heavy atom. The molecule has 13 heteroatoms. The lowest BCUT2D eigenvalue weighted by molar-refractivity contribution is -0.187. The maximum atomic E-state index is 13.9. The molecule has 0 amide bonds. The Balaban J connectivity index is 1.59. The highest BCUT2D eigenvalue weighted by Crippen LogP contribution is 2.43. The second-order valence-corrected chi connectivity index (χ2v) is 12.4. The summed E-state index contributed by atoms with van der Waals surface area (Å²) < 4.78 is 52.5. The molecule has 3 aliphatic rings. The predicted octanol–water partition coefficient (Wildman–Crippen LogP) is 2.20. The van der Waals surface area contributed by atoms with Crippen LogP contribution in [0.1, 0.15) is 61.9 Å². The fraction of sp³-hybridized carbons (Fsp3) is 0.517. The van der Waals surface area contributed by atoms with Crippen LogP contribution in [0.5, 0.6) is 0 Å². The molecule has 224 valence electrons. The van der Waals surface area contributed by atoms with E-state index in [4.69, 9.17) is 18.9 Å². The quantitative estimate of drug-likeness (QED) is 0.413. The summed E-state index contributed by atoms with van der Waals surface area (Å²) in [5.41, 5.74) is -2.24. The van der Waals surface area contributed by atoms with Crippen LogP contribution < -0.4 is 5.56 Å². The minimum absolute atomic E-state index is 0.0280. The van der Waals surface area contributed by atoms with Crippen molar-refractivity contribution in [1.29, 1.82) is 5.26 Å². The molecular weight excluding hydrogens is 566 g/mol. The Labute approximate surface area is 243 Å². The molecule has 0 unspecified atom stereocenters. The molecule has 3 aliphatic heterocycles. The number of aryl methyl sites for hydroxylation is 1. The summed E-state index contributed by atoms with van der Waals surface area (Å²) in [5, 5.41) is 10.1. The lowest BCUT2D eigenvalue weighted by atomic mass is 9.86. The number of esters is 2. The average Bonchev–Trinajstić information content (AvgIpc) is 3.74. The van der Waals surface area contributed by atoms with Gasteiger partial charge in [0.25, 0.3) is 5.56 Å². The van der Waals surface area contributed by atoms with E-state index < -0.39 is 45.0 Å². The summed E-state index contributed by atoms with van der Waals surface area (Å²) in [6.45, 7) is 5.79. The Bertz CT molecular complexity index is 1600. The normalized spacial score (nSPS) is 21.0. The fourth-order valence-corrected chi connectivity index (χ4v) is 7.60. The van der Waals surface area contributed by atoms with Gasteiger partial charge >= 0.3 is 11.9 Å². The number of sulfonamides is 1. The highest BCUT2D eigenvalue weighted by molar-refractivity contribution is 7.89. The molecule has 1 aromatic heterocycles. The van der Waals surface area contributed by atoms with Gasteiger partial charge < -0.3 is 23.5 Å². The van der Waals surface area contributed by atoms with Crippen LogP contribution in [0, 0.1) is 18.3 Å². The van der Waals surface area contributed by atoms with Crippen LogP contribution in [0.2, 0.25) is 0 Å². The summed E-state index contributed by atoms with van der Waals surface area (Å²) in [7, 11) is -4.07. The summed E-state index contributed by atoms with van der Waals surface area (Å²) in [4.78, 5) is 41.1. The summed E-state index contributed by atoms with van der Waals surface area (Å²) in [5.74, 6) is -3.19. The summed E-state index contributed by atoms with van der Waals surface area (Å²) >= 11 is 0. The van der Waals surface area contributed by atoms with E-state index in [0.29, 0.717) is 31.7 Å². The van der Waals surface area contributed by atoms with Crippen LogP contribution in [0.4, 0.5) is 0 Å². The largest absolute Gasteiger partial charge is 0.463 e. The van der Waals surface area contributed by atoms with Crippen LogP contribution in [0.3, 0.4) is 0 Å². The first kappa shape index (κ1) is 29.9. The van der Waals surface area contributed by atoms with Gasteiger partial charge in [0.1, 0.15) is 17.7 Å². The first-order valence-corrected chi connectivity index (χ1v) is 15.4. The van der Waals surface area contributed by atoms with E-state index in [-0.39, 0.29) is 48.6 Å². The zero-order chi connectivity index (χ0) is 30.3. The molecule has 2 fully saturated rings. The van der Waals surface area contributed by atoms with Crippen molar-refractivity contribution >= 4 is 22.0 Å². The van der Waals surface area contributed by atoms with Gasteiger partial charge in [-0.3, -0.25) is 9.59 Å². The van der Waals surface area contributed by atoms with E-state index in [0.717, 1.165) is 9.87 Å². The number of nitriles is 1. The zero-order valence-corrected chi connectivity index (χ0v) is 24.6. The van der Waals surface area contributed by atoms with Gasteiger partial charge in [0.2, 0.25) is 21.4 Å². The predicted molar refractivity (Wildman–Crippen MR) is 146 cm³/mol. The minimum Gasteiger partial charge on any atom is -0.463 e. The number of pyridine rings is 1. The van der Waals surface area contributed by atoms with E-state index >= 15 is 0 Å². The van der Waals surface area contributed by atoms with Crippen molar-refractivity contribution in [2.75, 3.05) is 26.4 Å². The Kier molecular flexibility index (Phi) is 8.02. The maximum absolute atomic E-state index is 13.9. The van der Waals surface area contributed by atoms with Gasteiger partial charge in [0, 0.05) is 25.1 Å².